The molecule has 0 aromatic rings. The van der Waals surface area contributed by atoms with Crippen LogP contribution in [0.5, 0.6) is 0 Å². The van der Waals surface area contributed by atoms with Gasteiger partial charge in [0.05, 0.1) is 0 Å². The molecule has 1 aliphatic carbocycles. The smallest absolute Gasteiger partial charge is 0.220 e. The lowest BCUT2D eigenvalue weighted by Gasteiger charge is -2.40. The van der Waals surface area contributed by atoms with Crippen molar-refractivity contribution in [3.63, 3.8) is 0 Å². The lowest BCUT2D eigenvalue weighted by molar-refractivity contribution is -0.124. The topological polar surface area (TPSA) is 55.1 Å². The minimum atomic E-state index is 0.141. The fraction of sp³-hybridized carbons (Fsp3) is 0.923. The van der Waals surface area contributed by atoms with Crippen molar-refractivity contribution in [2.75, 3.05) is 13.1 Å². The molecular formula is C13H26N2O. The second kappa shape index (κ2) is 6.24. The molecule has 0 bridgehead atoms. The fourth-order valence-corrected chi connectivity index (χ4v) is 2.27. The Balaban J connectivity index is 2.11. The average molecular weight is 226 g/mol. The van der Waals surface area contributed by atoms with Gasteiger partial charge in [0.25, 0.3) is 0 Å². The predicted molar refractivity (Wildman–Crippen MR) is 67.0 cm³/mol. The van der Waals surface area contributed by atoms with E-state index in [2.05, 4.69) is 19.2 Å². The van der Waals surface area contributed by atoms with Crippen molar-refractivity contribution in [3.05, 3.63) is 0 Å². The van der Waals surface area contributed by atoms with Gasteiger partial charge in [0, 0.05) is 13.0 Å². The molecule has 0 spiro atoms. The van der Waals surface area contributed by atoms with Crippen LogP contribution in [0.15, 0.2) is 0 Å². The van der Waals surface area contributed by atoms with Crippen LogP contribution in [-0.2, 0) is 4.79 Å². The van der Waals surface area contributed by atoms with Crippen molar-refractivity contribution in [3.8, 4) is 0 Å². The van der Waals surface area contributed by atoms with Crippen molar-refractivity contribution in [2.45, 2.75) is 52.4 Å². The van der Waals surface area contributed by atoms with Gasteiger partial charge in [-0.15, -0.1) is 0 Å². The first kappa shape index (κ1) is 13.5. The van der Waals surface area contributed by atoms with Crippen molar-refractivity contribution in [2.24, 2.45) is 17.1 Å². The third-order valence-corrected chi connectivity index (χ3v) is 3.66. The summed E-state index contributed by atoms with van der Waals surface area (Å²) in [7, 11) is 0. The second-order valence-electron chi connectivity index (χ2n) is 5.62. The third-order valence-electron chi connectivity index (χ3n) is 3.66. The van der Waals surface area contributed by atoms with E-state index in [4.69, 9.17) is 5.73 Å². The van der Waals surface area contributed by atoms with Crippen LogP contribution in [0.3, 0.4) is 0 Å². The minimum absolute atomic E-state index is 0.141. The quantitative estimate of drug-likeness (QED) is 0.653. The van der Waals surface area contributed by atoms with Crippen LogP contribution in [0.1, 0.15) is 52.4 Å². The molecular weight excluding hydrogens is 200 g/mol. The largest absolute Gasteiger partial charge is 0.356 e. The molecule has 3 heteroatoms. The van der Waals surface area contributed by atoms with Gasteiger partial charge in [0.2, 0.25) is 5.91 Å². The van der Waals surface area contributed by atoms with E-state index in [0.717, 1.165) is 31.7 Å². The number of rotatable bonds is 7. The predicted octanol–water partition coefficient (Wildman–Crippen LogP) is 2.06. The van der Waals surface area contributed by atoms with Crippen LogP contribution in [0.2, 0.25) is 0 Å². The first-order valence-electron chi connectivity index (χ1n) is 6.55. The Hall–Kier alpha value is -0.570. The first-order chi connectivity index (χ1) is 7.58. The highest BCUT2D eigenvalue weighted by atomic mass is 16.1. The number of amides is 1. The summed E-state index contributed by atoms with van der Waals surface area (Å²) in [5.74, 6) is 0.910. The molecule has 0 aliphatic heterocycles. The van der Waals surface area contributed by atoms with Gasteiger partial charge in [-0.05, 0) is 43.6 Å². The number of nitrogens with one attached hydrogen (secondary N) is 1. The molecule has 0 unspecified atom stereocenters. The number of carbonyl (C=O) groups is 1. The van der Waals surface area contributed by atoms with E-state index < -0.39 is 0 Å². The molecule has 0 saturated heterocycles. The average Bonchev–Trinajstić information content (AvgIpc) is 2.18. The molecule has 1 aliphatic rings. The minimum Gasteiger partial charge on any atom is -0.356 e. The molecule has 3 nitrogen and oxygen atoms in total. The van der Waals surface area contributed by atoms with Crippen molar-refractivity contribution in [1.29, 1.82) is 0 Å². The molecule has 0 heterocycles. The van der Waals surface area contributed by atoms with Crippen molar-refractivity contribution in [1.82, 2.24) is 5.32 Å². The molecule has 94 valence electrons. The Morgan fingerprint density at radius 3 is 2.56 bits per heavy atom. The molecule has 0 atom stereocenters. The van der Waals surface area contributed by atoms with Crippen LogP contribution in [0.4, 0.5) is 0 Å². The van der Waals surface area contributed by atoms with Gasteiger partial charge in [0.1, 0.15) is 0 Å². The van der Waals surface area contributed by atoms with E-state index in [1.807, 2.05) is 0 Å². The maximum Gasteiger partial charge on any atom is 0.220 e. The summed E-state index contributed by atoms with van der Waals surface area (Å²) in [6.07, 6.45) is 6.39. The van der Waals surface area contributed by atoms with Gasteiger partial charge in [-0.3, -0.25) is 4.79 Å². The molecule has 0 radical (unpaired) electrons. The van der Waals surface area contributed by atoms with E-state index in [1.165, 1.54) is 12.8 Å². The Morgan fingerprint density at radius 2 is 2.12 bits per heavy atom. The summed E-state index contributed by atoms with van der Waals surface area (Å²) >= 11 is 0. The normalized spacial score (nSPS) is 18.2. The second-order valence-corrected chi connectivity index (χ2v) is 5.62. The van der Waals surface area contributed by atoms with Crippen LogP contribution in [0.25, 0.3) is 0 Å². The zero-order valence-electron chi connectivity index (χ0n) is 10.7. The summed E-state index contributed by atoms with van der Waals surface area (Å²) in [6.45, 7) is 5.89. The molecule has 16 heavy (non-hydrogen) atoms. The fourth-order valence-electron chi connectivity index (χ4n) is 2.27. The molecule has 0 aromatic heterocycles. The lowest BCUT2D eigenvalue weighted by Crippen LogP contribution is -2.42. The standard InChI is InChI=1S/C13H26N2O/c1-11(2)5-3-8-15-12(16)9-13(10-14)6-4-7-13/h11H,3-10,14H2,1-2H3,(H,15,16). The monoisotopic (exact) mass is 226 g/mol. The van der Waals surface area contributed by atoms with Gasteiger partial charge in [-0.1, -0.05) is 20.3 Å². The van der Waals surface area contributed by atoms with Gasteiger partial charge < -0.3 is 11.1 Å². The zero-order valence-corrected chi connectivity index (χ0v) is 10.7. The highest BCUT2D eigenvalue weighted by molar-refractivity contribution is 5.76. The van der Waals surface area contributed by atoms with E-state index in [-0.39, 0.29) is 11.3 Å². The van der Waals surface area contributed by atoms with Crippen LogP contribution in [0, 0.1) is 11.3 Å². The molecule has 1 rings (SSSR count). The van der Waals surface area contributed by atoms with Crippen LogP contribution < -0.4 is 11.1 Å². The number of hydrogen-bond donors (Lipinski definition) is 2. The van der Waals surface area contributed by atoms with Gasteiger partial charge in [0.15, 0.2) is 0 Å². The van der Waals surface area contributed by atoms with E-state index >= 15 is 0 Å². The number of nitrogens with two attached hydrogens (primary N) is 1. The molecule has 1 amide bonds. The number of carbonyl (C=O) groups excluding carboxylic acids is 1. The van der Waals surface area contributed by atoms with E-state index in [9.17, 15) is 4.79 Å². The summed E-state index contributed by atoms with van der Waals surface area (Å²) in [4.78, 5) is 11.7. The van der Waals surface area contributed by atoms with Crippen LogP contribution in [-0.4, -0.2) is 19.0 Å². The van der Waals surface area contributed by atoms with Gasteiger partial charge in [-0.25, -0.2) is 0 Å². The lowest BCUT2D eigenvalue weighted by atomic mass is 9.66. The Labute approximate surface area is 99.2 Å². The summed E-state index contributed by atoms with van der Waals surface area (Å²) in [5, 5.41) is 3.00. The Kier molecular flexibility index (Phi) is 5.26. The first-order valence-corrected chi connectivity index (χ1v) is 6.55. The molecule has 0 aromatic carbocycles. The Bertz CT molecular complexity index is 216. The summed E-state index contributed by atoms with van der Waals surface area (Å²) in [6, 6.07) is 0. The maximum atomic E-state index is 11.7. The summed E-state index contributed by atoms with van der Waals surface area (Å²) < 4.78 is 0. The van der Waals surface area contributed by atoms with Crippen molar-refractivity contribution >= 4 is 5.91 Å². The highest BCUT2D eigenvalue weighted by Gasteiger charge is 2.37. The Morgan fingerprint density at radius 1 is 1.44 bits per heavy atom. The van der Waals surface area contributed by atoms with E-state index in [1.54, 1.807) is 0 Å². The van der Waals surface area contributed by atoms with Crippen LogP contribution >= 0.6 is 0 Å². The molecule has 1 saturated carbocycles. The number of hydrogen-bond acceptors (Lipinski definition) is 2. The molecule has 1 fully saturated rings. The van der Waals surface area contributed by atoms with E-state index in [0.29, 0.717) is 13.0 Å². The third kappa shape index (κ3) is 4.12. The maximum absolute atomic E-state index is 11.7. The van der Waals surface area contributed by atoms with Gasteiger partial charge in [-0.2, -0.15) is 0 Å². The van der Waals surface area contributed by atoms with Crippen molar-refractivity contribution < 1.29 is 4.79 Å². The highest BCUT2D eigenvalue weighted by Crippen LogP contribution is 2.42. The summed E-state index contributed by atoms with van der Waals surface area (Å²) in [5.41, 5.74) is 5.87. The molecule has 3 N–H and O–H groups in total. The zero-order chi connectivity index (χ0) is 12.0. The van der Waals surface area contributed by atoms with Gasteiger partial charge >= 0.3 is 0 Å². The SMILES string of the molecule is CC(C)CCCNC(=O)CC1(CN)CCC1.